The molecule has 0 bridgehead atoms. The van der Waals surface area contributed by atoms with E-state index in [1.165, 1.54) is 0 Å². The summed E-state index contributed by atoms with van der Waals surface area (Å²) < 4.78 is 1.04. The second kappa shape index (κ2) is 12.6. The number of amides is 4. The lowest BCUT2D eigenvalue weighted by molar-refractivity contribution is -0.158. The number of carbonyl (C=O) groups is 3. The number of carbonyl (C=O) groups excluding carboxylic acids is 3. The molecule has 0 spiro atoms. The molecule has 0 unspecified atom stereocenters. The molecule has 6 rings (SSSR count). The number of benzene rings is 3. The van der Waals surface area contributed by atoms with E-state index in [0.29, 0.717) is 19.5 Å². The summed E-state index contributed by atoms with van der Waals surface area (Å²) in [6, 6.07) is 24.3. The van der Waals surface area contributed by atoms with Crippen molar-refractivity contribution in [1.29, 1.82) is 0 Å². The number of piperazine rings is 1. The summed E-state index contributed by atoms with van der Waals surface area (Å²) in [5.74, 6) is -0.267. The van der Waals surface area contributed by atoms with Crippen LogP contribution < -0.4 is 10.6 Å². The van der Waals surface area contributed by atoms with Crippen LogP contribution in [0.25, 0.3) is 10.2 Å². The second-order valence-electron chi connectivity index (χ2n) is 11.4. The first-order valence-corrected chi connectivity index (χ1v) is 15.7. The van der Waals surface area contributed by atoms with Gasteiger partial charge in [0.1, 0.15) is 12.2 Å². The predicted octanol–water partition coefficient (Wildman–Crippen LogP) is 4.30. The highest BCUT2D eigenvalue weighted by Crippen LogP contribution is 2.33. The normalized spacial score (nSPS) is 18.6. The Bertz CT molecular complexity index is 1650. The first kappa shape index (κ1) is 29.6. The molecule has 0 radical (unpaired) electrons. The number of hydrogen-bond donors (Lipinski definition) is 2. The minimum absolute atomic E-state index is 0.0151. The molecule has 4 amide bonds. The number of fused-ring (bicyclic) bond motifs is 2. The Labute approximate surface area is 261 Å². The largest absolute Gasteiger partial charge is 0.365 e. The van der Waals surface area contributed by atoms with Gasteiger partial charge >= 0.3 is 6.03 Å². The van der Waals surface area contributed by atoms with Gasteiger partial charge < -0.3 is 20.4 Å². The Hall–Kier alpha value is -4.48. The highest BCUT2D eigenvalue weighted by Gasteiger charge is 2.52. The number of hydrazine groups is 1. The molecule has 4 aromatic rings. The van der Waals surface area contributed by atoms with E-state index in [2.05, 4.69) is 10.6 Å². The van der Waals surface area contributed by atoms with Crippen LogP contribution in [-0.2, 0) is 29.1 Å². The van der Waals surface area contributed by atoms with Crippen molar-refractivity contribution in [3.05, 3.63) is 95.6 Å². The fourth-order valence-corrected chi connectivity index (χ4v) is 7.02. The van der Waals surface area contributed by atoms with Crippen molar-refractivity contribution in [2.45, 2.75) is 51.6 Å². The van der Waals surface area contributed by atoms with Gasteiger partial charge in [0.15, 0.2) is 5.13 Å². The smallest absolute Gasteiger partial charge is 0.332 e. The van der Waals surface area contributed by atoms with Gasteiger partial charge in [0, 0.05) is 32.6 Å². The summed E-state index contributed by atoms with van der Waals surface area (Å²) in [7, 11) is 1.84. The van der Waals surface area contributed by atoms with Gasteiger partial charge in [0.05, 0.1) is 23.3 Å². The van der Waals surface area contributed by atoms with Crippen LogP contribution in [-0.4, -0.2) is 81.0 Å². The zero-order valence-corrected chi connectivity index (χ0v) is 26.0. The van der Waals surface area contributed by atoms with E-state index in [9.17, 15) is 14.4 Å². The molecule has 2 aliphatic heterocycles. The number of hydrogen-bond acceptors (Lipinski definition) is 7. The molecule has 3 aromatic carbocycles. The lowest BCUT2D eigenvalue weighted by atomic mass is 10.00. The highest BCUT2D eigenvalue weighted by atomic mass is 32.1. The standard InChI is InChI=1S/C33H37N7O3S/c1-22(2)40(33(43)35-18-24-13-8-5-9-14-24)38-21-29(41)39-26(17-23-11-6-4-7-12-23)31(42)37(20-28(38)39)19-25-15-10-16-27-30(25)36-32(34-3)44-27/h4-16,22,26,28H,17-21H2,1-3H3,(H,34,36)(H,35,43)/t26-,28+/m0/s1. The maximum Gasteiger partial charge on any atom is 0.332 e. The summed E-state index contributed by atoms with van der Waals surface area (Å²) in [5.41, 5.74) is 3.76. The fraction of sp³-hybridized carbons (Fsp3) is 0.333. The molecule has 2 saturated heterocycles. The van der Waals surface area contributed by atoms with Crippen molar-refractivity contribution >= 4 is 44.5 Å². The monoisotopic (exact) mass is 611 g/mol. The first-order valence-electron chi connectivity index (χ1n) is 14.9. The second-order valence-corrected chi connectivity index (χ2v) is 12.4. The van der Waals surface area contributed by atoms with Crippen LogP contribution in [0.2, 0.25) is 0 Å². The Kier molecular flexibility index (Phi) is 8.49. The van der Waals surface area contributed by atoms with E-state index in [1.807, 2.05) is 110 Å². The maximum absolute atomic E-state index is 14.2. The minimum atomic E-state index is -0.697. The predicted molar refractivity (Wildman–Crippen MR) is 172 cm³/mol. The molecule has 0 saturated carbocycles. The molecule has 1 aromatic heterocycles. The van der Waals surface area contributed by atoms with Crippen LogP contribution in [0.15, 0.2) is 78.9 Å². The molecule has 0 aliphatic carbocycles. The molecule has 10 nitrogen and oxygen atoms in total. The molecule has 2 aliphatic rings. The minimum Gasteiger partial charge on any atom is -0.365 e. The van der Waals surface area contributed by atoms with Crippen molar-refractivity contribution in [2.24, 2.45) is 0 Å². The molecule has 44 heavy (non-hydrogen) atoms. The number of thiazole rings is 1. The third-order valence-electron chi connectivity index (χ3n) is 8.18. The molecule has 2 atom stereocenters. The molecule has 228 valence electrons. The lowest BCUT2D eigenvalue weighted by Gasteiger charge is -2.47. The van der Waals surface area contributed by atoms with E-state index in [0.717, 1.165) is 32.0 Å². The number of aromatic nitrogens is 1. The van der Waals surface area contributed by atoms with Gasteiger partial charge in [-0.25, -0.2) is 9.78 Å². The topological polar surface area (TPSA) is 101 Å². The summed E-state index contributed by atoms with van der Waals surface area (Å²) in [6.45, 7) is 4.87. The Morgan fingerprint density at radius 3 is 2.39 bits per heavy atom. The maximum atomic E-state index is 14.2. The third kappa shape index (κ3) is 5.85. The number of anilines is 1. The summed E-state index contributed by atoms with van der Waals surface area (Å²) >= 11 is 1.57. The van der Waals surface area contributed by atoms with Crippen molar-refractivity contribution < 1.29 is 14.4 Å². The van der Waals surface area contributed by atoms with Crippen LogP contribution >= 0.6 is 11.3 Å². The van der Waals surface area contributed by atoms with Gasteiger partial charge in [-0.3, -0.25) is 14.6 Å². The Morgan fingerprint density at radius 1 is 1.00 bits per heavy atom. The van der Waals surface area contributed by atoms with Gasteiger partial charge in [-0.05, 0) is 36.6 Å². The average Bonchev–Trinajstić information content (AvgIpc) is 3.60. The first-order chi connectivity index (χ1) is 21.3. The summed E-state index contributed by atoms with van der Waals surface area (Å²) in [6.07, 6.45) is -0.111. The zero-order valence-electron chi connectivity index (χ0n) is 25.1. The van der Waals surface area contributed by atoms with Crippen molar-refractivity contribution in [3.63, 3.8) is 0 Å². The fourth-order valence-electron chi connectivity index (χ4n) is 6.15. The van der Waals surface area contributed by atoms with Crippen molar-refractivity contribution in [1.82, 2.24) is 30.1 Å². The number of rotatable bonds is 9. The number of para-hydroxylation sites is 1. The van der Waals surface area contributed by atoms with E-state index < -0.39 is 12.2 Å². The quantitative estimate of drug-likeness (QED) is 0.293. The highest BCUT2D eigenvalue weighted by molar-refractivity contribution is 7.22. The molecule has 11 heteroatoms. The number of nitrogens with zero attached hydrogens (tertiary/aromatic N) is 5. The summed E-state index contributed by atoms with van der Waals surface area (Å²) in [5, 5.41) is 10.4. The van der Waals surface area contributed by atoms with Crippen LogP contribution in [0.3, 0.4) is 0 Å². The average molecular weight is 612 g/mol. The molecular formula is C33H37N7O3S. The molecule has 3 heterocycles. The number of urea groups is 1. The van der Waals surface area contributed by atoms with Gasteiger partial charge in [-0.1, -0.05) is 84.1 Å². The Morgan fingerprint density at radius 2 is 1.70 bits per heavy atom. The Balaban J connectivity index is 1.32. The van der Waals surface area contributed by atoms with Gasteiger partial charge in [-0.15, -0.1) is 0 Å². The van der Waals surface area contributed by atoms with Crippen molar-refractivity contribution in [2.75, 3.05) is 25.5 Å². The molecule has 2 N–H and O–H groups in total. The van der Waals surface area contributed by atoms with E-state index in [4.69, 9.17) is 4.98 Å². The zero-order chi connectivity index (χ0) is 30.8. The van der Waals surface area contributed by atoms with E-state index in [-0.39, 0.29) is 37.0 Å². The van der Waals surface area contributed by atoms with Crippen LogP contribution in [0.5, 0.6) is 0 Å². The summed E-state index contributed by atoms with van der Waals surface area (Å²) in [4.78, 5) is 49.9. The van der Waals surface area contributed by atoms with Gasteiger partial charge in [0.2, 0.25) is 11.8 Å². The van der Waals surface area contributed by atoms with Crippen LogP contribution in [0.4, 0.5) is 9.93 Å². The van der Waals surface area contributed by atoms with E-state index >= 15 is 0 Å². The van der Waals surface area contributed by atoms with Crippen molar-refractivity contribution in [3.8, 4) is 0 Å². The lowest BCUT2D eigenvalue weighted by Crippen LogP contribution is -2.66. The molecular weight excluding hydrogens is 574 g/mol. The van der Waals surface area contributed by atoms with Crippen LogP contribution in [0.1, 0.15) is 30.5 Å². The third-order valence-corrected chi connectivity index (χ3v) is 9.21. The van der Waals surface area contributed by atoms with Gasteiger partial charge in [0.25, 0.3) is 0 Å². The SMILES string of the molecule is CNc1nc2c(CN3C[C@H]4N(C(=O)CN4N(C(=O)NCc4ccccc4)C(C)C)[C@@H](Cc4ccccc4)C3=O)cccc2s1. The number of nitrogens with one attached hydrogen (secondary N) is 2. The molecule has 2 fully saturated rings. The van der Waals surface area contributed by atoms with Gasteiger partial charge in [-0.2, -0.15) is 5.01 Å². The van der Waals surface area contributed by atoms with E-state index in [1.54, 1.807) is 21.2 Å². The van der Waals surface area contributed by atoms with Crippen LogP contribution in [0, 0.1) is 0 Å².